The predicted molar refractivity (Wildman–Crippen MR) is 136 cm³/mol. The summed E-state index contributed by atoms with van der Waals surface area (Å²) in [4.78, 5) is 26.1. The Morgan fingerprint density at radius 3 is 2.58 bits per heavy atom. The van der Waals surface area contributed by atoms with E-state index in [1.165, 1.54) is 35.1 Å². The smallest absolute Gasteiger partial charge is 0.254 e. The standard InChI is InChI=1S/C25H31N6OP/c1-27-16-18-14-20(2-3-21(18)25(27)32)28-7-4-19(5-8-28)29-10-12-30(13-11-29)22-17-31-9-6-26-24(31)15-23(22)33/h2-3,6,9,14-15,17,19H,4-5,7-8,10-13,16,33H2,1H3. The number of hydrogen-bond acceptors (Lipinski definition) is 5. The molecule has 33 heavy (non-hydrogen) atoms. The lowest BCUT2D eigenvalue weighted by molar-refractivity contribution is 0.0816. The third kappa shape index (κ3) is 3.77. The fourth-order valence-electron chi connectivity index (χ4n) is 5.70. The number of hydrogen-bond donors (Lipinski definition) is 0. The maximum atomic E-state index is 12.2. The zero-order valence-corrected chi connectivity index (χ0v) is 20.3. The van der Waals surface area contributed by atoms with E-state index in [-0.39, 0.29) is 5.91 Å². The van der Waals surface area contributed by atoms with Crippen LogP contribution in [0.15, 0.2) is 42.9 Å². The number of anilines is 2. The fourth-order valence-corrected chi connectivity index (χ4v) is 6.10. The van der Waals surface area contributed by atoms with E-state index in [1.54, 1.807) is 4.90 Å². The van der Waals surface area contributed by atoms with Crippen LogP contribution in [0.1, 0.15) is 28.8 Å². The number of carbonyl (C=O) groups excluding carboxylic acids is 1. The van der Waals surface area contributed by atoms with E-state index in [0.717, 1.165) is 57.0 Å². The lowest BCUT2D eigenvalue weighted by atomic mass is 10.0. The van der Waals surface area contributed by atoms with Crippen LogP contribution in [0.25, 0.3) is 5.65 Å². The van der Waals surface area contributed by atoms with Gasteiger partial charge in [0.1, 0.15) is 5.65 Å². The summed E-state index contributed by atoms with van der Waals surface area (Å²) < 4.78 is 2.11. The largest absolute Gasteiger partial charge is 0.371 e. The fraction of sp³-hybridized carbons (Fsp3) is 0.440. The minimum atomic E-state index is 0.146. The molecule has 6 rings (SSSR count). The molecule has 0 N–H and O–H groups in total. The van der Waals surface area contributed by atoms with Crippen LogP contribution in [0.4, 0.5) is 11.4 Å². The zero-order chi connectivity index (χ0) is 22.5. The number of rotatable bonds is 3. The van der Waals surface area contributed by atoms with Crippen LogP contribution >= 0.6 is 9.24 Å². The summed E-state index contributed by atoms with van der Waals surface area (Å²) in [6.45, 7) is 7.26. The molecular weight excluding hydrogens is 431 g/mol. The van der Waals surface area contributed by atoms with Crippen molar-refractivity contribution in [1.29, 1.82) is 0 Å². The molecule has 5 heterocycles. The average molecular weight is 463 g/mol. The highest BCUT2D eigenvalue weighted by molar-refractivity contribution is 7.28. The molecule has 2 aromatic heterocycles. The Hall–Kier alpha value is -2.63. The van der Waals surface area contributed by atoms with Crippen molar-refractivity contribution < 1.29 is 4.79 Å². The van der Waals surface area contributed by atoms with E-state index in [4.69, 9.17) is 0 Å². The molecule has 0 saturated carbocycles. The molecule has 172 valence electrons. The van der Waals surface area contributed by atoms with Gasteiger partial charge in [-0.25, -0.2) is 4.98 Å². The number of pyridine rings is 1. The Morgan fingerprint density at radius 2 is 1.79 bits per heavy atom. The minimum Gasteiger partial charge on any atom is -0.371 e. The first kappa shape index (κ1) is 20.9. The van der Waals surface area contributed by atoms with E-state index in [0.29, 0.717) is 6.04 Å². The van der Waals surface area contributed by atoms with Crippen molar-refractivity contribution in [2.45, 2.75) is 25.4 Å². The Labute approximate surface area is 197 Å². The predicted octanol–water partition coefficient (Wildman–Crippen LogP) is 2.21. The zero-order valence-electron chi connectivity index (χ0n) is 19.2. The maximum Gasteiger partial charge on any atom is 0.254 e. The molecule has 1 amide bonds. The second-order valence-electron chi connectivity index (χ2n) is 9.55. The van der Waals surface area contributed by atoms with Gasteiger partial charge in [-0.1, -0.05) is 0 Å². The number of nitrogens with zero attached hydrogens (tertiary/aromatic N) is 6. The van der Waals surface area contributed by atoms with E-state index >= 15 is 0 Å². The van der Waals surface area contributed by atoms with Crippen LogP contribution in [0.3, 0.4) is 0 Å². The van der Waals surface area contributed by atoms with E-state index < -0.39 is 0 Å². The van der Waals surface area contributed by atoms with E-state index in [1.807, 2.05) is 25.5 Å². The molecule has 0 aliphatic carbocycles. The monoisotopic (exact) mass is 462 g/mol. The molecule has 2 fully saturated rings. The number of fused-ring (bicyclic) bond motifs is 2. The topological polar surface area (TPSA) is 47.3 Å². The minimum absolute atomic E-state index is 0.146. The molecule has 3 aliphatic rings. The van der Waals surface area contributed by atoms with Gasteiger partial charge in [0.05, 0.1) is 5.69 Å². The second-order valence-corrected chi connectivity index (χ2v) is 10.2. The summed E-state index contributed by atoms with van der Waals surface area (Å²) in [5.41, 5.74) is 5.59. The molecule has 1 atom stereocenters. The lowest BCUT2D eigenvalue weighted by Gasteiger charge is -2.44. The van der Waals surface area contributed by atoms with Crippen molar-refractivity contribution in [3.8, 4) is 0 Å². The normalized spacial score (nSPS) is 20.2. The van der Waals surface area contributed by atoms with Crippen LogP contribution < -0.4 is 15.1 Å². The molecule has 0 radical (unpaired) electrons. The molecule has 3 aliphatic heterocycles. The van der Waals surface area contributed by atoms with Gasteiger partial charge >= 0.3 is 0 Å². The molecule has 8 heteroatoms. The van der Waals surface area contributed by atoms with Gasteiger partial charge in [-0.05, 0) is 48.0 Å². The number of aromatic nitrogens is 2. The van der Waals surface area contributed by atoms with Crippen molar-refractivity contribution in [2.24, 2.45) is 0 Å². The van der Waals surface area contributed by atoms with Crippen LogP contribution in [-0.4, -0.2) is 77.4 Å². The van der Waals surface area contributed by atoms with Gasteiger partial charge < -0.3 is 19.1 Å². The quantitative estimate of drug-likeness (QED) is 0.559. The van der Waals surface area contributed by atoms with Crippen LogP contribution in [0.2, 0.25) is 0 Å². The summed E-state index contributed by atoms with van der Waals surface area (Å²) in [5, 5.41) is 1.22. The van der Waals surface area contributed by atoms with Gasteiger partial charge in [0, 0.05) is 88.7 Å². The van der Waals surface area contributed by atoms with Crippen LogP contribution in [0.5, 0.6) is 0 Å². The average Bonchev–Trinajstić information content (AvgIpc) is 3.41. The number of amides is 1. The van der Waals surface area contributed by atoms with Crippen molar-refractivity contribution in [1.82, 2.24) is 19.2 Å². The van der Waals surface area contributed by atoms with Gasteiger partial charge in [0.15, 0.2) is 0 Å². The van der Waals surface area contributed by atoms with Crippen molar-refractivity contribution in [3.05, 3.63) is 54.0 Å². The highest BCUT2D eigenvalue weighted by Crippen LogP contribution is 2.29. The molecule has 7 nitrogen and oxygen atoms in total. The molecule has 0 bridgehead atoms. The first-order valence-electron chi connectivity index (χ1n) is 11.9. The summed E-state index contributed by atoms with van der Waals surface area (Å²) in [5.74, 6) is 0.146. The molecular formula is C25H31N6OP. The Kier molecular flexibility index (Phi) is 5.27. The van der Waals surface area contributed by atoms with Crippen LogP contribution in [-0.2, 0) is 6.54 Å². The SMILES string of the molecule is CN1Cc2cc(N3CCC(N4CCN(c5cn6ccnc6cc5P)CC4)CC3)ccc2C1=O. The summed E-state index contributed by atoms with van der Waals surface area (Å²) in [6, 6.07) is 9.19. The third-order valence-corrected chi connectivity index (χ3v) is 8.08. The van der Waals surface area contributed by atoms with Crippen LogP contribution in [0, 0.1) is 0 Å². The molecule has 1 unspecified atom stereocenters. The Bertz CT molecular complexity index is 1190. The number of piperazine rings is 1. The van der Waals surface area contributed by atoms with Gasteiger partial charge in [-0.2, -0.15) is 0 Å². The number of imidazole rings is 1. The van der Waals surface area contributed by atoms with Gasteiger partial charge in [-0.3, -0.25) is 9.69 Å². The number of carbonyl (C=O) groups is 1. The Balaban J connectivity index is 1.06. The number of benzene rings is 1. The highest BCUT2D eigenvalue weighted by Gasteiger charge is 2.29. The van der Waals surface area contributed by atoms with Crippen molar-refractivity contribution in [3.63, 3.8) is 0 Å². The summed E-state index contributed by atoms with van der Waals surface area (Å²) in [7, 11) is 4.76. The highest BCUT2D eigenvalue weighted by atomic mass is 31.0. The third-order valence-electron chi connectivity index (χ3n) is 7.61. The molecule has 3 aromatic rings. The van der Waals surface area contributed by atoms with E-state index in [2.05, 4.69) is 57.7 Å². The van der Waals surface area contributed by atoms with Gasteiger partial charge in [-0.15, -0.1) is 9.24 Å². The maximum absolute atomic E-state index is 12.2. The lowest BCUT2D eigenvalue weighted by Crippen LogP contribution is -2.53. The van der Waals surface area contributed by atoms with Gasteiger partial charge in [0.25, 0.3) is 5.91 Å². The van der Waals surface area contributed by atoms with Crippen molar-refractivity contribution in [2.75, 3.05) is 56.1 Å². The Morgan fingerprint density at radius 1 is 1.00 bits per heavy atom. The molecule has 1 aromatic carbocycles. The van der Waals surface area contributed by atoms with Gasteiger partial charge in [0.2, 0.25) is 0 Å². The summed E-state index contributed by atoms with van der Waals surface area (Å²) >= 11 is 0. The summed E-state index contributed by atoms with van der Waals surface area (Å²) in [6.07, 6.45) is 8.48. The first-order valence-corrected chi connectivity index (χ1v) is 12.5. The first-order chi connectivity index (χ1) is 16.1. The number of piperidine rings is 1. The van der Waals surface area contributed by atoms with E-state index in [9.17, 15) is 4.79 Å². The second kappa shape index (κ2) is 8.30. The molecule has 0 spiro atoms. The molecule has 2 saturated heterocycles. The van der Waals surface area contributed by atoms with Crippen molar-refractivity contribution >= 4 is 37.5 Å².